The maximum atomic E-state index is 13.8. The van der Waals surface area contributed by atoms with Crippen molar-refractivity contribution < 1.29 is 13.9 Å². The predicted octanol–water partition coefficient (Wildman–Crippen LogP) is 4.63. The Morgan fingerprint density at radius 1 is 1.21 bits per heavy atom. The van der Waals surface area contributed by atoms with E-state index in [-0.39, 0.29) is 35.6 Å². The molecule has 200 valence electrons. The average Bonchev–Trinajstić information content (AvgIpc) is 3.07. The molecule has 3 heterocycles. The van der Waals surface area contributed by atoms with Gasteiger partial charge in [0.1, 0.15) is 11.6 Å². The lowest BCUT2D eigenvalue weighted by atomic mass is 9.97. The summed E-state index contributed by atoms with van der Waals surface area (Å²) in [5.74, 6) is 0.941. The maximum Gasteiger partial charge on any atom is 0.350 e. The van der Waals surface area contributed by atoms with Gasteiger partial charge in [-0.1, -0.05) is 18.7 Å². The number of nitrogens with zero attached hydrogens (tertiary/aromatic N) is 4. The molecule has 1 amide bonds. The van der Waals surface area contributed by atoms with Gasteiger partial charge in [-0.05, 0) is 63.1 Å². The van der Waals surface area contributed by atoms with Crippen molar-refractivity contribution in [3.05, 3.63) is 64.9 Å². The van der Waals surface area contributed by atoms with E-state index in [0.717, 1.165) is 32.5 Å². The summed E-state index contributed by atoms with van der Waals surface area (Å²) < 4.78 is 21.5. The summed E-state index contributed by atoms with van der Waals surface area (Å²) >= 11 is 1.67. The molecular weight excluding hydrogens is 503 g/mol. The molecule has 0 N–H and O–H groups in total. The third-order valence-electron chi connectivity index (χ3n) is 7.38. The number of amides is 1. The van der Waals surface area contributed by atoms with E-state index in [2.05, 4.69) is 22.5 Å². The van der Waals surface area contributed by atoms with Gasteiger partial charge in [-0.2, -0.15) is 4.98 Å². The summed E-state index contributed by atoms with van der Waals surface area (Å²) in [6.45, 7) is 13.7. The zero-order chi connectivity index (χ0) is 27.1. The number of hydrogen-bond acceptors (Lipinski definition) is 6. The Hall–Kier alpha value is -3.17. The van der Waals surface area contributed by atoms with Crippen LogP contribution in [0.2, 0.25) is 0 Å². The van der Waals surface area contributed by atoms with Gasteiger partial charge < -0.3 is 14.5 Å². The SMILES string of the molecule is C=CC(=O)N1[C@H](C)CN(c2nc(=O)n3c4c(c(-c5ccc(F)cc5)c(C)cc24)SC[C@@H](OCC)C3)C[C@@H]1C. The molecule has 1 aromatic heterocycles. The molecule has 1 saturated heterocycles. The third kappa shape index (κ3) is 4.62. The van der Waals surface area contributed by atoms with Crippen molar-refractivity contribution in [3.8, 4) is 11.1 Å². The molecule has 0 unspecified atom stereocenters. The standard InChI is InChI=1S/C29H33FN4O3S/c1-6-24(35)34-18(4)13-32(14-19(34)5)28-23-12-17(3)25(20-8-10-21(30)11-9-20)27-26(23)33(29(36)31-28)15-22(16-38-27)37-7-2/h6,8-12,18-19,22H,1,7,13-16H2,2-5H3/t18-,19+,22-/m0/s1. The van der Waals surface area contributed by atoms with Crippen LogP contribution in [0.5, 0.6) is 0 Å². The molecule has 0 aliphatic carbocycles. The molecule has 1 fully saturated rings. The second-order valence-electron chi connectivity index (χ2n) is 10.1. The van der Waals surface area contributed by atoms with Crippen LogP contribution in [0.25, 0.3) is 22.0 Å². The fourth-order valence-electron chi connectivity index (χ4n) is 5.85. The molecule has 0 radical (unpaired) electrons. The lowest BCUT2D eigenvalue weighted by Gasteiger charge is -2.44. The van der Waals surface area contributed by atoms with Crippen LogP contribution in [-0.2, 0) is 16.1 Å². The number of benzene rings is 2. The smallest absolute Gasteiger partial charge is 0.350 e. The molecule has 3 aromatic rings. The van der Waals surface area contributed by atoms with E-state index in [1.165, 1.54) is 18.2 Å². The molecule has 38 heavy (non-hydrogen) atoms. The van der Waals surface area contributed by atoms with Crippen molar-refractivity contribution in [3.63, 3.8) is 0 Å². The number of rotatable bonds is 5. The van der Waals surface area contributed by atoms with E-state index in [0.29, 0.717) is 37.8 Å². The molecule has 2 aliphatic heterocycles. The summed E-state index contributed by atoms with van der Waals surface area (Å²) in [6.07, 6.45) is 1.21. The lowest BCUT2D eigenvalue weighted by molar-refractivity contribution is -0.130. The fourth-order valence-corrected chi connectivity index (χ4v) is 7.19. The lowest BCUT2D eigenvalue weighted by Crippen LogP contribution is -2.58. The van der Waals surface area contributed by atoms with E-state index in [4.69, 9.17) is 4.74 Å². The van der Waals surface area contributed by atoms with Crippen LogP contribution in [-0.4, -0.2) is 64.0 Å². The highest BCUT2D eigenvalue weighted by Crippen LogP contribution is 2.43. The van der Waals surface area contributed by atoms with Crippen LogP contribution >= 0.6 is 11.8 Å². The number of carbonyl (C=O) groups excluding carboxylic acids is 1. The highest BCUT2D eigenvalue weighted by molar-refractivity contribution is 7.99. The summed E-state index contributed by atoms with van der Waals surface area (Å²) in [7, 11) is 0. The number of piperazine rings is 1. The second-order valence-corrected chi connectivity index (χ2v) is 11.1. The Labute approximate surface area is 226 Å². The van der Waals surface area contributed by atoms with E-state index in [1.807, 2.05) is 32.6 Å². The van der Waals surface area contributed by atoms with Gasteiger partial charge in [0.2, 0.25) is 5.91 Å². The van der Waals surface area contributed by atoms with Gasteiger partial charge in [0.15, 0.2) is 0 Å². The highest BCUT2D eigenvalue weighted by atomic mass is 32.2. The van der Waals surface area contributed by atoms with Gasteiger partial charge in [0, 0.05) is 53.4 Å². The molecule has 0 saturated carbocycles. The first kappa shape index (κ1) is 26.4. The van der Waals surface area contributed by atoms with Gasteiger partial charge in [-0.25, -0.2) is 9.18 Å². The van der Waals surface area contributed by atoms with Crippen LogP contribution in [0.1, 0.15) is 26.3 Å². The number of aryl methyl sites for hydroxylation is 1. The Morgan fingerprint density at radius 3 is 2.53 bits per heavy atom. The van der Waals surface area contributed by atoms with Crippen molar-refractivity contribution in [2.45, 2.75) is 57.3 Å². The zero-order valence-electron chi connectivity index (χ0n) is 22.2. The molecule has 7 nitrogen and oxygen atoms in total. The summed E-state index contributed by atoms with van der Waals surface area (Å²) in [5, 5.41) is 0.899. The van der Waals surface area contributed by atoms with E-state index >= 15 is 0 Å². The minimum absolute atomic E-state index is 0.0741. The first-order valence-electron chi connectivity index (χ1n) is 13.0. The second kappa shape index (κ2) is 10.5. The van der Waals surface area contributed by atoms with E-state index in [9.17, 15) is 14.0 Å². The minimum Gasteiger partial charge on any atom is -0.376 e. The Morgan fingerprint density at radius 2 is 1.89 bits per heavy atom. The minimum atomic E-state index is -0.320. The van der Waals surface area contributed by atoms with Crippen molar-refractivity contribution in [2.75, 3.05) is 30.3 Å². The maximum absolute atomic E-state index is 13.8. The number of aromatic nitrogens is 2. The van der Waals surface area contributed by atoms with Gasteiger partial charge in [-0.3, -0.25) is 9.36 Å². The van der Waals surface area contributed by atoms with Gasteiger partial charge in [0.25, 0.3) is 0 Å². The first-order valence-corrected chi connectivity index (χ1v) is 14.0. The summed E-state index contributed by atoms with van der Waals surface area (Å²) in [5.41, 5.74) is 3.44. The topological polar surface area (TPSA) is 67.7 Å². The molecule has 5 rings (SSSR count). The normalized spacial score (nSPS) is 21.4. The number of halogens is 1. The summed E-state index contributed by atoms with van der Waals surface area (Å²) in [6, 6.07) is 8.45. The Bertz CT molecular complexity index is 1440. The van der Waals surface area contributed by atoms with E-state index < -0.39 is 0 Å². The number of thioether (sulfide) groups is 1. The van der Waals surface area contributed by atoms with Crippen LogP contribution < -0.4 is 10.6 Å². The van der Waals surface area contributed by atoms with Crippen LogP contribution in [0, 0.1) is 12.7 Å². The van der Waals surface area contributed by atoms with Gasteiger partial charge in [0.05, 0.1) is 18.2 Å². The Kier molecular flexibility index (Phi) is 7.33. The molecule has 0 spiro atoms. The molecule has 2 aliphatic rings. The number of carbonyl (C=O) groups is 1. The molecular formula is C29H33FN4O3S. The molecule has 3 atom stereocenters. The van der Waals surface area contributed by atoms with Crippen LogP contribution in [0.15, 0.2) is 52.7 Å². The summed E-state index contributed by atoms with van der Waals surface area (Å²) in [4.78, 5) is 35.6. The largest absolute Gasteiger partial charge is 0.376 e. The van der Waals surface area contributed by atoms with Gasteiger partial charge >= 0.3 is 5.69 Å². The quantitative estimate of drug-likeness (QED) is 0.443. The van der Waals surface area contributed by atoms with Crippen LogP contribution in [0.4, 0.5) is 10.2 Å². The predicted molar refractivity (Wildman–Crippen MR) is 150 cm³/mol. The van der Waals surface area contributed by atoms with Crippen LogP contribution in [0.3, 0.4) is 0 Å². The third-order valence-corrected chi connectivity index (χ3v) is 8.60. The number of ether oxygens (including phenoxy) is 1. The highest BCUT2D eigenvalue weighted by Gasteiger charge is 2.34. The molecule has 9 heteroatoms. The van der Waals surface area contributed by atoms with Crippen molar-refractivity contribution >= 4 is 34.4 Å². The number of hydrogen-bond donors (Lipinski definition) is 0. The van der Waals surface area contributed by atoms with Crippen molar-refractivity contribution in [1.29, 1.82) is 0 Å². The molecule has 0 bridgehead atoms. The number of anilines is 1. The average molecular weight is 537 g/mol. The van der Waals surface area contributed by atoms with Crippen molar-refractivity contribution in [2.24, 2.45) is 0 Å². The van der Waals surface area contributed by atoms with Crippen molar-refractivity contribution in [1.82, 2.24) is 14.5 Å². The van der Waals surface area contributed by atoms with Gasteiger partial charge in [-0.15, -0.1) is 11.8 Å². The zero-order valence-corrected chi connectivity index (χ0v) is 23.1. The van der Waals surface area contributed by atoms with E-state index in [1.54, 1.807) is 28.5 Å². The first-order chi connectivity index (χ1) is 18.2. The Balaban J connectivity index is 1.72. The molecule has 2 aromatic carbocycles. The monoisotopic (exact) mass is 536 g/mol. The fraction of sp³-hybridized carbons (Fsp3) is 0.414.